The first-order valence-electron chi connectivity index (χ1n) is 9.64. The van der Waals surface area contributed by atoms with Gasteiger partial charge in [0, 0.05) is 19.3 Å². The van der Waals surface area contributed by atoms with Crippen LogP contribution in [0.2, 0.25) is 0 Å². The third-order valence-corrected chi connectivity index (χ3v) is 7.51. The molecule has 3 nitrogen and oxygen atoms in total. The Hall–Kier alpha value is -0.650. The van der Waals surface area contributed by atoms with Crippen LogP contribution in [0.4, 0.5) is 0 Å². The van der Waals surface area contributed by atoms with Gasteiger partial charge in [-0.2, -0.15) is 0 Å². The van der Waals surface area contributed by atoms with Crippen molar-refractivity contribution in [3.05, 3.63) is 25.3 Å². The van der Waals surface area contributed by atoms with Crippen molar-refractivity contribution in [2.45, 2.75) is 88.1 Å². The summed E-state index contributed by atoms with van der Waals surface area (Å²) < 4.78 is 5.38. The molecule has 0 heterocycles. The predicted octanol–water partition coefficient (Wildman–Crippen LogP) is 6.20. The lowest BCUT2D eigenvalue weighted by atomic mass is 9.60. The van der Waals surface area contributed by atoms with Crippen LogP contribution in [0.3, 0.4) is 0 Å². The molecule has 4 heteroatoms. The number of esters is 1. The topological polar surface area (TPSA) is 43.4 Å². The summed E-state index contributed by atoms with van der Waals surface area (Å²) in [5, 5.41) is 0. The summed E-state index contributed by atoms with van der Waals surface area (Å²) in [5.41, 5.74) is -0.373. The van der Waals surface area contributed by atoms with E-state index in [9.17, 15) is 9.59 Å². The largest absolute Gasteiger partial charge is 0.459 e. The van der Waals surface area contributed by atoms with E-state index < -0.39 is 9.02 Å². The highest BCUT2D eigenvalue weighted by Crippen LogP contribution is 2.51. The van der Waals surface area contributed by atoms with Gasteiger partial charge in [0.2, 0.25) is 0 Å². The number of allylic oxidation sites excluding steroid dienone is 2. The summed E-state index contributed by atoms with van der Waals surface area (Å²) in [4.78, 5) is 24.5. The average molecular weight is 474 g/mol. The van der Waals surface area contributed by atoms with Crippen molar-refractivity contribution < 1.29 is 14.3 Å². The monoisotopic (exact) mass is 474 g/mol. The highest BCUT2D eigenvalue weighted by Gasteiger charge is 2.49. The van der Waals surface area contributed by atoms with Crippen LogP contribution in [0.5, 0.6) is 0 Å². The van der Waals surface area contributed by atoms with Crippen LogP contribution in [0.15, 0.2) is 25.3 Å². The fraction of sp³-hybridized carbons (Fsp3) is 0.727. The lowest BCUT2D eigenvalue weighted by Crippen LogP contribution is -2.50. The van der Waals surface area contributed by atoms with Crippen molar-refractivity contribution in [3.8, 4) is 0 Å². The molecule has 0 aliphatic heterocycles. The highest BCUT2D eigenvalue weighted by atomic mass is 127. The van der Waals surface area contributed by atoms with Crippen molar-refractivity contribution in [1.82, 2.24) is 0 Å². The third-order valence-electron chi connectivity index (χ3n) is 5.92. The number of ketones is 1. The van der Waals surface area contributed by atoms with E-state index in [2.05, 4.69) is 56.5 Å². The van der Waals surface area contributed by atoms with Crippen LogP contribution < -0.4 is 0 Å². The van der Waals surface area contributed by atoms with E-state index in [1.54, 1.807) is 6.08 Å². The molecule has 1 fully saturated rings. The Morgan fingerprint density at radius 2 is 1.88 bits per heavy atom. The van der Waals surface area contributed by atoms with E-state index >= 15 is 0 Å². The zero-order valence-corrected chi connectivity index (χ0v) is 19.1. The van der Waals surface area contributed by atoms with Gasteiger partial charge < -0.3 is 4.74 Å². The maximum absolute atomic E-state index is 12.8. The van der Waals surface area contributed by atoms with Gasteiger partial charge in [0.1, 0.15) is 11.4 Å². The van der Waals surface area contributed by atoms with Gasteiger partial charge in [-0.1, -0.05) is 48.6 Å². The second kappa shape index (κ2) is 9.52. The molecular weight excluding hydrogens is 439 g/mol. The van der Waals surface area contributed by atoms with Crippen molar-refractivity contribution in [1.29, 1.82) is 0 Å². The van der Waals surface area contributed by atoms with Crippen molar-refractivity contribution in [3.63, 3.8) is 0 Å². The maximum atomic E-state index is 12.8. The zero-order valence-electron chi connectivity index (χ0n) is 16.9. The van der Waals surface area contributed by atoms with E-state index in [4.69, 9.17) is 4.74 Å². The number of carbonyl (C=O) groups is 2. The quantitative estimate of drug-likeness (QED) is 0.164. The first kappa shape index (κ1) is 23.4. The molecule has 0 aromatic carbocycles. The number of hydrogen-bond acceptors (Lipinski definition) is 3. The van der Waals surface area contributed by atoms with Crippen LogP contribution in [-0.4, -0.2) is 20.8 Å². The summed E-state index contributed by atoms with van der Waals surface area (Å²) in [7, 11) is 0. The molecule has 0 spiro atoms. The molecule has 0 aromatic heterocycles. The summed E-state index contributed by atoms with van der Waals surface area (Å²) in [5.74, 6) is 0.281. The molecule has 26 heavy (non-hydrogen) atoms. The molecule has 0 saturated heterocycles. The number of Topliss-reactive ketones (excluding diaryl/α,β-unsaturated/α-hetero) is 1. The third kappa shape index (κ3) is 5.93. The lowest BCUT2D eigenvalue weighted by Gasteiger charge is -2.50. The van der Waals surface area contributed by atoms with E-state index in [1.165, 1.54) is 6.92 Å². The van der Waals surface area contributed by atoms with Gasteiger partial charge in [0.05, 0.1) is 3.42 Å². The average Bonchev–Trinajstić information content (AvgIpc) is 2.50. The second-order valence-corrected chi connectivity index (χ2v) is 10.6. The maximum Gasteiger partial charge on any atom is 0.303 e. The fourth-order valence-electron chi connectivity index (χ4n) is 4.63. The Morgan fingerprint density at radius 1 is 1.23 bits per heavy atom. The molecule has 0 radical (unpaired) electrons. The molecule has 148 valence electrons. The summed E-state index contributed by atoms with van der Waals surface area (Å²) in [6.07, 6.45) is 10.3. The number of alkyl halides is 1. The van der Waals surface area contributed by atoms with E-state index in [1.807, 2.05) is 6.08 Å². The number of hydrogen-bond donors (Lipinski definition) is 0. The van der Waals surface area contributed by atoms with Crippen molar-refractivity contribution >= 4 is 34.3 Å². The molecule has 0 unspecified atom stereocenters. The minimum atomic E-state index is -0.455. The second-order valence-electron chi connectivity index (χ2n) is 8.55. The number of rotatable bonds is 10. The zero-order chi connectivity index (χ0) is 20.0. The number of halogens is 1. The van der Waals surface area contributed by atoms with Gasteiger partial charge in [0.25, 0.3) is 0 Å². The Kier molecular flexibility index (Phi) is 8.56. The van der Waals surface area contributed by atoms with Gasteiger partial charge in [-0.3, -0.25) is 9.59 Å². The SMILES string of the molecule is C=CCCC(=O)[C@](I)(CC=C)CC[C@@H]1C(C)(C)CCC[C@@]1(C)OC(C)=O. The minimum Gasteiger partial charge on any atom is -0.459 e. The Morgan fingerprint density at radius 3 is 2.42 bits per heavy atom. The number of carbonyl (C=O) groups excluding carboxylic acids is 2. The van der Waals surface area contributed by atoms with Gasteiger partial charge >= 0.3 is 5.97 Å². The van der Waals surface area contributed by atoms with Crippen molar-refractivity contribution in [2.75, 3.05) is 0 Å². The number of ether oxygens (including phenoxy) is 1. The minimum absolute atomic E-state index is 0.0817. The summed E-state index contributed by atoms with van der Waals surface area (Å²) in [6, 6.07) is 0. The highest BCUT2D eigenvalue weighted by molar-refractivity contribution is 14.1. The van der Waals surface area contributed by atoms with Gasteiger partial charge in [-0.05, 0) is 57.3 Å². The Bertz CT molecular complexity index is 540. The summed E-state index contributed by atoms with van der Waals surface area (Å²) >= 11 is 2.32. The van der Waals surface area contributed by atoms with Crippen LogP contribution >= 0.6 is 22.6 Å². The molecule has 0 aromatic rings. The van der Waals surface area contributed by atoms with E-state index in [0.717, 1.165) is 32.1 Å². The predicted molar refractivity (Wildman–Crippen MR) is 117 cm³/mol. The van der Waals surface area contributed by atoms with Gasteiger partial charge in [0.15, 0.2) is 0 Å². The van der Waals surface area contributed by atoms with E-state index in [-0.39, 0.29) is 23.1 Å². The van der Waals surface area contributed by atoms with Gasteiger partial charge in [-0.15, -0.1) is 13.2 Å². The lowest BCUT2D eigenvalue weighted by molar-refractivity contribution is -0.175. The molecular formula is C22H35IO3. The first-order chi connectivity index (χ1) is 12.0. The molecule has 1 aliphatic rings. The van der Waals surface area contributed by atoms with Gasteiger partial charge in [-0.25, -0.2) is 0 Å². The first-order valence-corrected chi connectivity index (χ1v) is 10.7. The van der Waals surface area contributed by atoms with E-state index in [0.29, 0.717) is 19.3 Å². The van der Waals surface area contributed by atoms with Crippen LogP contribution in [0.1, 0.15) is 79.1 Å². The van der Waals surface area contributed by atoms with Crippen molar-refractivity contribution in [2.24, 2.45) is 11.3 Å². The molecule has 1 rings (SSSR count). The molecule has 0 N–H and O–H groups in total. The molecule has 1 aliphatic carbocycles. The smallest absolute Gasteiger partial charge is 0.303 e. The molecule has 0 amide bonds. The van der Waals surface area contributed by atoms with Crippen LogP contribution in [0.25, 0.3) is 0 Å². The Balaban J connectivity index is 3.01. The molecule has 1 saturated carbocycles. The molecule has 0 bridgehead atoms. The Labute approximate surface area is 173 Å². The standard InChI is InChI=1S/C22H35IO3/c1-7-9-11-19(25)22(23,13-8-2)16-12-18-20(4,5)14-10-15-21(18,6)26-17(3)24/h7-8,18H,1-2,9-16H2,3-6H3/t18-,21-,22+/m1/s1. The molecule has 3 atom stereocenters. The normalized spacial score (nSPS) is 27.2. The van der Waals surface area contributed by atoms with Crippen LogP contribution in [-0.2, 0) is 14.3 Å². The fourth-order valence-corrected chi connectivity index (χ4v) is 5.52. The van der Waals surface area contributed by atoms with Crippen LogP contribution in [0, 0.1) is 11.3 Å². The summed E-state index contributed by atoms with van der Waals surface area (Å²) in [6.45, 7) is 15.7.